The predicted molar refractivity (Wildman–Crippen MR) is 72.2 cm³/mol. The van der Waals surface area contributed by atoms with Crippen LogP contribution in [0, 0.1) is 0 Å². The Labute approximate surface area is 123 Å². The first-order valence-corrected chi connectivity index (χ1v) is 6.02. The summed E-state index contributed by atoms with van der Waals surface area (Å²) in [7, 11) is 0. The molecule has 22 heavy (non-hydrogen) atoms. The number of aromatic nitrogens is 1. The molecular formula is C14H10F3N3O2. The van der Waals surface area contributed by atoms with Crippen LogP contribution in [-0.4, -0.2) is 16.8 Å². The van der Waals surface area contributed by atoms with Crippen LogP contribution >= 0.6 is 0 Å². The van der Waals surface area contributed by atoms with Crippen LogP contribution in [0.15, 0.2) is 42.6 Å². The number of carbonyl (C=O) groups is 2. The SMILES string of the molecule is NC(=O)c1ccc(C(=O)Nc2cc(C(F)(F)F)ccn2)cc1. The van der Waals surface area contributed by atoms with Crippen LogP contribution in [0.4, 0.5) is 19.0 Å². The van der Waals surface area contributed by atoms with Gasteiger partial charge in [0.15, 0.2) is 0 Å². The van der Waals surface area contributed by atoms with Gasteiger partial charge in [-0.3, -0.25) is 9.59 Å². The Hall–Kier alpha value is -2.90. The molecule has 2 amide bonds. The van der Waals surface area contributed by atoms with Crippen LogP contribution in [-0.2, 0) is 6.18 Å². The lowest BCUT2D eigenvalue weighted by Crippen LogP contribution is -2.15. The molecule has 0 saturated carbocycles. The highest BCUT2D eigenvalue weighted by Gasteiger charge is 2.30. The first-order chi connectivity index (χ1) is 10.3. The number of rotatable bonds is 3. The maximum atomic E-state index is 12.6. The number of pyridine rings is 1. The first kappa shape index (κ1) is 15.5. The predicted octanol–water partition coefficient (Wildman–Crippen LogP) is 2.45. The number of halogens is 3. The van der Waals surface area contributed by atoms with Crippen molar-refractivity contribution in [2.75, 3.05) is 5.32 Å². The van der Waals surface area contributed by atoms with E-state index in [1.54, 1.807) is 0 Å². The fourth-order valence-electron chi connectivity index (χ4n) is 1.65. The zero-order valence-corrected chi connectivity index (χ0v) is 11.0. The van der Waals surface area contributed by atoms with Gasteiger partial charge in [-0.05, 0) is 36.4 Å². The van der Waals surface area contributed by atoms with Gasteiger partial charge in [-0.15, -0.1) is 0 Å². The largest absolute Gasteiger partial charge is 0.416 e. The normalized spacial score (nSPS) is 11.0. The third kappa shape index (κ3) is 3.60. The molecular weight excluding hydrogens is 299 g/mol. The number of alkyl halides is 3. The molecule has 1 heterocycles. The number of nitrogens with zero attached hydrogens (tertiary/aromatic N) is 1. The third-order valence-electron chi connectivity index (χ3n) is 2.76. The molecule has 1 aromatic carbocycles. The van der Waals surface area contributed by atoms with Crippen molar-refractivity contribution in [2.45, 2.75) is 6.18 Å². The highest BCUT2D eigenvalue weighted by atomic mass is 19.4. The monoisotopic (exact) mass is 309 g/mol. The molecule has 8 heteroatoms. The van der Waals surface area contributed by atoms with E-state index in [4.69, 9.17) is 5.73 Å². The van der Waals surface area contributed by atoms with Gasteiger partial charge in [0.1, 0.15) is 5.82 Å². The molecule has 0 unspecified atom stereocenters. The summed E-state index contributed by atoms with van der Waals surface area (Å²) in [5.41, 5.74) is 4.52. The minimum atomic E-state index is -4.52. The number of hydrogen-bond donors (Lipinski definition) is 2. The average Bonchev–Trinajstić information content (AvgIpc) is 2.46. The van der Waals surface area contributed by atoms with Crippen molar-refractivity contribution in [3.05, 3.63) is 59.3 Å². The van der Waals surface area contributed by atoms with Crippen molar-refractivity contribution in [2.24, 2.45) is 5.73 Å². The minimum absolute atomic E-state index is 0.157. The van der Waals surface area contributed by atoms with E-state index in [-0.39, 0.29) is 16.9 Å². The van der Waals surface area contributed by atoms with Gasteiger partial charge < -0.3 is 11.1 Å². The van der Waals surface area contributed by atoms with Crippen molar-refractivity contribution in [1.82, 2.24) is 4.98 Å². The number of nitrogens with two attached hydrogens (primary N) is 1. The number of carbonyl (C=O) groups excluding carboxylic acids is 2. The van der Waals surface area contributed by atoms with Crippen molar-refractivity contribution >= 4 is 17.6 Å². The van der Waals surface area contributed by atoms with Gasteiger partial charge in [0.05, 0.1) is 5.56 Å². The van der Waals surface area contributed by atoms with Gasteiger partial charge >= 0.3 is 6.18 Å². The van der Waals surface area contributed by atoms with E-state index in [1.807, 2.05) is 0 Å². The Bertz CT molecular complexity index is 712. The van der Waals surface area contributed by atoms with Crippen LogP contribution < -0.4 is 11.1 Å². The molecule has 0 saturated heterocycles. The lowest BCUT2D eigenvalue weighted by molar-refractivity contribution is -0.137. The lowest BCUT2D eigenvalue weighted by atomic mass is 10.1. The number of amides is 2. The Morgan fingerprint density at radius 2 is 1.64 bits per heavy atom. The van der Waals surface area contributed by atoms with E-state index in [0.29, 0.717) is 0 Å². The van der Waals surface area contributed by atoms with Gasteiger partial charge in [0, 0.05) is 17.3 Å². The molecule has 0 fully saturated rings. The Morgan fingerprint density at radius 1 is 1.05 bits per heavy atom. The molecule has 0 atom stereocenters. The van der Waals surface area contributed by atoms with Gasteiger partial charge in [0.25, 0.3) is 5.91 Å². The van der Waals surface area contributed by atoms with Gasteiger partial charge in [-0.2, -0.15) is 13.2 Å². The molecule has 1 aromatic heterocycles. The zero-order chi connectivity index (χ0) is 16.3. The summed E-state index contributed by atoms with van der Waals surface area (Å²) >= 11 is 0. The minimum Gasteiger partial charge on any atom is -0.366 e. The van der Waals surface area contributed by atoms with Crippen LogP contribution in [0.2, 0.25) is 0 Å². The molecule has 0 radical (unpaired) electrons. The van der Waals surface area contributed by atoms with Crippen LogP contribution in [0.25, 0.3) is 0 Å². The fraction of sp³-hybridized carbons (Fsp3) is 0.0714. The topological polar surface area (TPSA) is 85.1 Å². The van der Waals surface area contributed by atoms with E-state index in [2.05, 4.69) is 10.3 Å². The Kier molecular flexibility index (Phi) is 4.11. The van der Waals surface area contributed by atoms with Crippen LogP contribution in [0.3, 0.4) is 0 Å². The Morgan fingerprint density at radius 3 is 2.18 bits per heavy atom. The number of primary amides is 1. The van der Waals surface area contributed by atoms with Crippen LogP contribution in [0.1, 0.15) is 26.3 Å². The number of nitrogens with one attached hydrogen (secondary N) is 1. The number of benzene rings is 1. The van der Waals surface area contributed by atoms with Gasteiger partial charge in [-0.25, -0.2) is 4.98 Å². The molecule has 0 spiro atoms. The van der Waals surface area contributed by atoms with E-state index in [1.165, 1.54) is 24.3 Å². The summed E-state index contributed by atoms with van der Waals surface area (Å²) in [6, 6.07) is 6.90. The van der Waals surface area contributed by atoms with E-state index in [9.17, 15) is 22.8 Å². The summed E-state index contributed by atoms with van der Waals surface area (Å²) in [6.45, 7) is 0. The Balaban J connectivity index is 2.17. The standard InChI is InChI=1S/C14H10F3N3O2/c15-14(16,17)10-5-6-19-11(7-10)20-13(22)9-3-1-8(2-4-9)12(18)21/h1-7H,(H2,18,21)(H,19,20,22). The smallest absolute Gasteiger partial charge is 0.366 e. The van der Waals surface area contributed by atoms with Crippen molar-refractivity contribution in [3.8, 4) is 0 Å². The van der Waals surface area contributed by atoms with Gasteiger partial charge in [-0.1, -0.05) is 0 Å². The second kappa shape index (κ2) is 5.84. The quantitative estimate of drug-likeness (QED) is 0.913. The molecule has 0 aliphatic carbocycles. The molecule has 2 aromatic rings. The average molecular weight is 309 g/mol. The number of hydrogen-bond acceptors (Lipinski definition) is 3. The van der Waals surface area contributed by atoms with E-state index < -0.39 is 23.6 Å². The second-order valence-corrected chi connectivity index (χ2v) is 4.32. The lowest BCUT2D eigenvalue weighted by Gasteiger charge is -2.09. The summed E-state index contributed by atoms with van der Waals surface area (Å²) < 4.78 is 37.7. The highest BCUT2D eigenvalue weighted by Crippen LogP contribution is 2.29. The zero-order valence-electron chi connectivity index (χ0n) is 11.0. The number of anilines is 1. The molecule has 3 N–H and O–H groups in total. The summed E-state index contributed by atoms with van der Waals surface area (Å²) in [5, 5.41) is 2.25. The van der Waals surface area contributed by atoms with Crippen molar-refractivity contribution < 1.29 is 22.8 Å². The maximum absolute atomic E-state index is 12.6. The van der Waals surface area contributed by atoms with Gasteiger partial charge in [0.2, 0.25) is 5.91 Å². The maximum Gasteiger partial charge on any atom is 0.416 e. The summed E-state index contributed by atoms with van der Waals surface area (Å²) in [4.78, 5) is 26.5. The third-order valence-corrected chi connectivity index (χ3v) is 2.76. The molecule has 2 rings (SSSR count). The second-order valence-electron chi connectivity index (χ2n) is 4.32. The van der Waals surface area contributed by atoms with Crippen molar-refractivity contribution in [3.63, 3.8) is 0 Å². The van der Waals surface area contributed by atoms with E-state index >= 15 is 0 Å². The molecule has 0 aliphatic rings. The van der Waals surface area contributed by atoms with E-state index in [0.717, 1.165) is 18.3 Å². The summed E-state index contributed by atoms with van der Waals surface area (Å²) in [6.07, 6.45) is -3.57. The molecule has 5 nitrogen and oxygen atoms in total. The van der Waals surface area contributed by atoms with Crippen molar-refractivity contribution in [1.29, 1.82) is 0 Å². The fourth-order valence-corrected chi connectivity index (χ4v) is 1.65. The highest BCUT2D eigenvalue weighted by molar-refractivity contribution is 6.04. The van der Waals surface area contributed by atoms with Crippen LogP contribution in [0.5, 0.6) is 0 Å². The molecule has 0 aliphatic heterocycles. The first-order valence-electron chi connectivity index (χ1n) is 6.02. The molecule has 0 bridgehead atoms. The summed E-state index contributed by atoms with van der Waals surface area (Å²) in [5.74, 6) is -1.52. The molecule has 114 valence electrons.